The molecule has 0 aliphatic heterocycles. The lowest BCUT2D eigenvalue weighted by molar-refractivity contribution is -0.129. The molecule has 0 N–H and O–H groups in total. The third kappa shape index (κ3) is 3.59. The van der Waals surface area contributed by atoms with Crippen LogP contribution in [0.15, 0.2) is 41.1 Å². The van der Waals surface area contributed by atoms with Crippen LogP contribution in [0.5, 0.6) is 0 Å². The maximum Gasteiger partial charge on any atom is 0.227 e. The Morgan fingerprint density at radius 2 is 2.17 bits per heavy atom. The molecule has 18 heavy (non-hydrogen) atoms. The van der Waals surface area contributed by atoms with Gasteiger partial charge in [0.05, 0.1) is 6.42 Å². The average Bonchev–Trinajstić information content (AvgIpc) is 2.81. The minimum absolute atomic E-state index is 0.119. The summed E-state index contributed by atoms with van der Waals surface area (Å²) in [6, 6.07) is 9.57. The van der Waals surface area contributed by atoms with Crippen LogP contribution in [0.1, 0.15) is 11.1 Å². The van der Waals surface area contributed by atoms with E-state index in [0.717, 1.165) is 11.1 Å². The predicted octanol–water partition coefficient (Wildman–Crippen LogP) is 3.60. The molecular weight excluding hydrogens is 266 g/mol. The van der Waals surface area contributed by atoms with Gasteiger partial charge in [-0.1, -0.05) is 23.7 Å². The number of rotatable bonds is 4. The molecule has 1 aromatic heterocycles. The minimum Gasteiger partial charge on any atom is -0.341 e. The fraction of sp³-hybridized carbons (Fsp3) is 0.214. The van der Waals surface area contributed by atoms with Crippen LogP contribution in [-0.2, 0) is 17.8 Å². The zero-order valence-electron chi connectivity index (χ0n) is 10.1. The highest BCUT2D eigenvalue weighted by Crippen LogP contribution is 2.13. The van der Waals surface area contributed by atoms with Gasteiger partial charge in [-0.05, 0) is 40.1 Å². The van der Waals surface area contributed by atoms with Gasteiger partial charge in [0.2, 0.25) is 5.91 Å². The molecule has 0 aliphatic rings. The summed E-state index contributed by atoms with van der Waals surface area (Å²) < 4.78 is 0. The molecule has 0 fully saturated rings. The SMILES string of the molecule is CN(Cc1cccc(Cl)c1)C(=O)Cc1ccsc1. The average molecular weight is 280 g/mol. The quantitative estimate of drug-likeness (QED) is 0.837. The summed E-state index contributed by atoms with van der Waals surface area (Å²) in [6.45, 7) is 0.587. The van der Waals surface area contributed by atoms with Crippen LogP contribution in [0, 0.1) is 0 Å². The van der Waals surface area contributed by atoms with Gasteiger partial charge < -0.3 is 4.90 Å². The Kier molecular flexibility index (Phi) is 4.39. The largest absolute Gasteiger partial charge is 0.341 e. The number of carbonyl (C=O) groups is 1. The number of carbonyl (C=O) groups excluding carboxylic acids is 1. The van der Waals surface area contributed by atoms with E-state index in [2.05, 4.69) is 0 Å². The van der Waals surface area contributed by atoms with Crippen molar-refractivity contribution in [1.82, 2.24) is 4.90 Å². The molecule has 0 atom stereocenters. The number of thiophene rings is 1. The molecule has 2 nitrogen and oxygen atoms in total. The van der Waals surface area contributed by atoms with Gasteiger partial charge in [-0.25, -0.2) is 0 Å². The van der Waals surface area contributed by atoms with E-state index in [0.29, 0.717) is 18.0 Å². The molecule has 0 aliphatic carbocycles. The van der Waals surface area contributed by atoms with Crippen LogP contribution in [-0.4, -0.2) is 17.9 Å². The molecule has 2 rings (SSSR count). The van der Waals surface area contributed by atoms with Crippen molar-refractivity contribution in [2.45, 2.75) is 13.0 Å². The summed E-state index contributed by atoms with van der Waals surface area (Å²) in [5.74, 6) is 0.119. The monoisotopic (exact) mass is 279 g/mol. The van der Waals surface area contributed by atoms with E-state index in [1.807, 2.05) is 48.1 Å². The molecule has 2 aromatic rings. The van der Waals surface area contributed by atoms with Gasteiger partial charge in [0, 0.05) is 18.6 Å². The van der Waals surface area contributed by atoms with Crippen LogP contribution in [0.3, 0.4) is 0 Å². The maximum absolute atomic E-state index is 12.0. The first-order valence-electron chi connectivity index (χ1n) is 5.64. The lowest BCUT2D eigenvalue weighted by Gasteiger charge is -2.17. The molecule has 1 heterocycles. The van der Waals surface area contributed by atoms with E-state index in [-0.39, 0.29) is 5.91 Å². The van der Waals surface area contributed by atoms with E-state index < -0.39 is 0 Å². The summed E-state index contributed by atoms with van der Waals surface area (Å²) in [4.78, 5) is 13.7. The lowest BCUT2D eigenvalue weighted by atomic mass is 10.2. The highest BCUT2D eigenvalue weighted by atomic mass is 35.5. The molecule has 0 saturated carbocycles. The summed E-state index contributed by atoms with van der Waals surface area (Å²) in [5.41, 5.74) is 2.12. The standard InChI is InChI=1S/C14H14ClNOS/c1-16(9-11-3-2-4-13(15)7-11)14(17)8-12-5-6-18-10-12/h2-7,10H,8-9H2,1H3. The number of halogens is 1. The van der Waals surface area contributed by atoms with Crippen molar-refractivity contribution in [3.63, 3.8) is 0 Å². The summed E-state index contributed by atoms with van der Waals surface area (Å²) in [7, 11) is 1.82. The van der Waals surface area contributed by atoms with E-state index in [1.165, 1.54) is 0 Å². The summed E-state index contributed by atoms with van der Waals surface area (Å²) in [6.07, 6.45) is 0.459. The third-order valence-corrected chi connectivity index (χ3v) is 3.64. The molecule has 4 heteroatoms. The van der Waals surface area contributed by atoms with Gasteiger partial charge in [-0.2, -0.15) is 11.3 Å². The fourth-order valence-electron chi connectivity index (χ4n) is 1.70. The third-order valence-electron chi connectivity index (χ3n) is 2.67. The highest BCUT2D eigenvalue weighted by molar-refractivity contribution is 7.07. The zero-order chi connectivity index (χ0) is 13.0. The van der Waals surface area contributed by atoms with Crippen molar-refractivity contribution in [1.29, 1.82) is 0 Å². The first kappa shape index (κ1) is 13.1. The van der Waals surface area contributed by atoms with Crippen molar-refractivity contribution in [2.24, 2.45) is 0 Å². The second-order valence-electron chi connectivity index (χ2n) is 4.19. The number of benzene rings is 1. The number of amides is 1. The molecule has 0 unspecified atom stereocenters. The second-order valence-corrected chi connectivity index (χ2v) is 5.40. The Morgan fingerprint density at radius 3 is 2.83 bits per heavy atom. The Labute approximate surface area is 116 Å². The van der Waals surface area contributed by atoms with E-state index in [9.17, 15) is 4.79 Å². The Bertz CT molecular complexity index is 524. The zero-order valence-corrected chi connectivity index (χ0v) is 11.7. The number of hydrogen-bond donors (Lipinski definition) is 0. The smallest absolute Gasteiger partial charge is 0.227 e. The van der Waals surface area contributed by atoms with Gasteiger partial charge in [-0.15, -0.1) is 0 Å². The molecule has 0 radical (unpaired) electrons. The van der Waals surface area contributed by atoms with E-state index in [1.54, 1.807) is 16.2 Å². The molecule has 94 valence electrons. The van der Waals surface area contributed by atoms with Crippen LogP contribution < -0.4 is 0 Å². The molecular formula is C14H14ClNOS. The van der Waals surface area contributed by atoms with Gasteiger partial charge in [-0.3, -0.25) is 4.79 Å². The Morgan fingerprint density at radius 1 is 1.33 bits per heavy atom. The van der Waals surface area contributed by atoms with Crippen molar-refractivity contribution >= 4 is 28.8 Å². The topological polar surface area (TPSA) is 20.3 Å². The fourth-order valence-corrected chi connectivity index (χ4v) is 2.58. The van der Waals surface area contributed by atoms with Gasteiger partial charge >= 0.3 is 0 Å². The number of hydrogen-bond acceptors (Lipinski definition) is 2. The van der Waals surface area contributed by atoms with Crippen LogP contribution >= 0.6 is 22.9 Å². The van der Waals surface area contributed by atoms with Gasteiger partial charge in [0.15, 0.2) is 0 Å². The molecule has 1 aromatic carbocycles. The van der Waals surface area contributed by atoms with Gasteiger partial charge in [0.1, 0.15) is 0 Å². The first-order valence-corrected chi connectivity index (χ1v) is 6.97. The molecule has 0 saturated heterocycles. The second kappa shape index (κ2) is 6.03. The van der Waals surface area contributed by atoms with Crippen LogP contribution in [0.2, 0.25) is 5.02 Å². The molecule has 1 amide bonds. The predicted molar refractivity (Wildman–Crippen MR) is 75.9 cm³/mol. The molecule has 0 bridgehead atoms. The summed E-state index contributed by atoms with van der Waals surface area (Å²) >= 11 is 7.53. The lowest BCUT2D eigenvalue weighted by Crippen LogP contribution is -2.27. The summed E-state index contributed by atoms with van der Waals surface area (Å²) in [5, 5.41) is 4.69. The molecule has 0 spiro atoms. The normalized spacial score (nSPS) is 10.3. The van der Waals surface area contributed by atoms with Crippen molar-refractivity contribution in [3.8, 4) is 0 Å². The van der Waals surface area contributed by atoms with Crippen molar-refractivity contribution < 1.29 is 4.79 Å². The van der Waals surface area contributed by atoms with Crippen molar-refractivity contribution in [3.05, 3.63) is 57.2 Å². The first-order chi connectivity index (χ1) is 8.65. The Balaban J connectivity index is 1.95. The number of nitrogens with zero attached hydrogens (tertiary/aromatic N) is 1. The highest BCUT2D eigenvalue weighted by Gasteiger charge is 2.10. The van der Waals surface area contributed by atoms with Crippen molar-refractivity contribution in [2.75, 3.05) is 7.05 Å². The maximum atomic E-state index is 12.0. The number of likely N-dealkylation sites (N-methyl/N-ethyl adjacent to an activating group) is 1. The van der Waals surface area contributed by atoms with E-state index in [4.69, 9.17) is 11.6 Å². The Hall–Kier alpha value is -1.32. The minimum atomic E-state index is 0.119. The van der Waals surface area contributed by atoms with Gasteiger partial charge in [0.25, 0.3) is 0 Å². The van der Waals surface area contributed by atoms with Crippen LogP contribution in [0.4, 0.5) is 0 Å². The van der Waals surface area contributed by atoms with E-state index >= 15 is 0 Å². The van der Waals surface area contributed by atoms with Crippen LogP contribution in [0.25, 0.3) is 0 Å².